The van der Waals surface area contributed by atoms with Gasteiger partial charge in [-0.3, -0.25) is 4.79 Å². The molecule has 2 aliphatic rings. The summed E-state index contributed by atoms with van der Waals surface area (Å²) in [6, 6.07) is 2.34. The van der Waals surface area contributed by atoms with E-state index in [0.717, 1.165) is 51.6 Å². The van der Waals surface area contributed by atoms with E-state index in [1.807, 2.05) is 4.90 Å². The van der Waals surface area contributed by atoms with Crippen LogP contribution < -0.4 is 0 Å². The summed E-state index contributed by atoms with van der Waals surface area (Å²) in [5, 5.41) is 9.40. The third-order valence-electron chi connectivity index (χ3n) is 3.97. The number of nitriles is 1. The lowest BCUT2D eigenvalue weighted by Crippen LogP contribution is -2.41. The van der Waals surface area contributed by atoms with Gasteiger partial charge in [-0.1, -0.05) is 25.7 Å². The Labute approximate surface area is 97.4 Å². The quantitative estimate of drug-likeness (QED) is 0.637. The highest BCUT2D eigenvalue weighted by Crippen LogP contribution is 2.36. The molecule has 0 aromatic heterocycles. The van der Waals surface area contributed by atoms with E-state index >= 15 is 0 Å². The van der Waals surface area contributed by atoms with Crippen molar-refractivity contribution >= 4 is 5.91 Å². The third-order valence-corrected chi connectivity index (χ3v) is 3.97. The standard InChI is InChI=1S/C13H20N2O/c14-11-13(7-3-1-2-4-8-13)12(16)15-9-5-6-10-15/h1-10H2. The molecule has 1 aliphatic carbocycles. The summed E-state index contributed by atoms with van der Waals surface area (Å²) in [5.41, 5.74) is -0.680. The second-order valence-corrected chi connectivity index (χ2v) is 5.11. The second-order valence-electron chi connectivity index (χ2n) is 5.11. The molecule has 1 saturated heterocycles. The Hall–Kier alpha value is -1.04. The van der Waals surface area contributed by atoms with Crippen LogP contribution in [0.25, 0.3) is 0 Å². The predicted molar refractivity (Wildman–Crippen MR) is 61.6 cm³/mol. The maximum atomic E-state index is 12.4. The van der Waals surface area contributed by atoms with Crippen LogP contribution in [0.3, 0.4) is 0 Å². The van der Waals surface area contributed by atoms with Crippen molar-refractivity contribution in [2.24, 2.45) is 5.41 Å². The first-order chi connectivity index (χ1) is 7.78. The van der Waals surface area contributed by atoms with Crippen LogP contribution >= 0.6 is 0 Å². The van der Waals surface area contributed by atoms with Crippen LogP contribution in [0.4, 0.5) is 0 Å². The van der Waals surface area contributed by atoms with E-state index in [2.05, 4.69) is 6.07 Å². The maximum Gasteiger partial charge on any atom is 0.243 e. The molecule has 16 heavy (non-hydrogen) atoms. The molecule has 1 heterocycles. The van der Waals surface area contributed by atoms with Crippen molar-refractivity contribution < 1.29 is 4.79 Å². The summed E-state index contributed by atoms with van der Waals surface area (Å²) in [6.07, 6.45) is 8.19. The summed E-state index contributed by atoms with van der Waals surface area (Å²) in [4.78, 5) is 14.3. The van der Waals surface area contributed by atoms with Crippen molar-refractivity contribution in [3.05, 3.63) is 0 Å². The molecule has 0 unspecified atom stereocenters. The van der Waals surface area contributed by atoms with Gasteiger partial charge >= 0.3 is 0 Å². The molecule has 2 fully saturated rings. The van der Waals surface area contributed by atoms with E-state index in [9.17, 15) is 10.1 Å². The lowest BCUT2D eigenvalue weighted by molar-refractivity contribution is -0.138. The highest BCUT2D eigenvalue weighted by molar-refractivity contribution is 5.85. The summed E-state index contributed by atoms with van der Waals surface area (Å²) in [7, 11) is 0. The Balaban J connectivity index is 2.12. The number of amides is 1. The lowest BCUT2D eigenvalue weighted by Gasteiger charge is -2.28. The van der Waals surface area contributed by atoms with Crippen molar-refractivity contribution in [3.8, 4) is 6.07 Å². The minimum Gasteiger partial charge on any atom is -0.341 e. The third kappa shape index (κ3) is 2.07. The topological polar surface area (TPSA) is 44.1 Å². The van der Waals surface area contributed by atoms with Crippen molar-refractivity contribution in [1.82, 2.24) is 4.90 Å². The normalized spacial score (nSPS) is 24.8. The first-order valence-corrected chi connectivity index (χ1v) is 6.49. The van der Waals surface area contributed by atoms with E-state index < -0.39 is 5.41 Å². The monoisotopic (exact) mass is 220 g/mol. The summed E-state index contributed by atoms with van der Waals surface area (Å²) in [6.45, 7) is 1.73. The molecule has 0 spiro atoms. The number of hydrogen-bond donors (Lipinski definition) is 0. The van der Waals surface area contributed by atoms with E-state index in [4.69, 9.17) is 0 Å². The molecule has 1 amide bonds. The molecule has 88 valence electrons. The highest BCUT2D eigenvalue weighted by atomic mass is 16.2. The van der Waals surface area contributed by atoms with Gasteiger partial charge in [-0.2, -0.15) is 5.26 Å². The number of carbonyl (C=O) groups excluding carboxylic acids is 1. The predicted octanol–water partition coefficient (Wildman–Crippen LogP) is 2.47. The summed E-state index contributed by atoms with van der Waals surface area (Å²) >= 11 is 0. The number of nitrogens with zero attached hydrogens (tertiary/aromatic N) is 2. The molecule has 2 rings (SSSR count). The largest absolute Gasteiger partial charge is 0.341 e. The molecule has 0 N–H and O–H groups in total. The fourth-order valence-electron chi connectivity index (χ4n) is 2.93. The van der Waals surface area contributed by atoms with Crippen molar-refractivity contribution in [2.75, 3.05) is 13.1 Å². The smallest absolute Gasteiger partial charge is 0.243 e. The first-order valence-electron chi connectivity index (χ1n) is 6.49. The fourth-order valence-corrected chi connectivity index (χ4v) is 2.93. The molecule has 0 bridgehead atoms. The van der Waals surface area contributed by atoms with Gasteiger partial charge in [0.1, 0.15) is 5.41 Å². The summed E-state index contributed by atoms with van der Waals surface area (Å²) in [5.74, 6) is 0.120. The molecule has 0 atom stereocenters. The van der Waals surface area contributed by atoms with Crippen molar-refractivity contribution in [2.45, 2.75) is 51.4 Å². The van der Waals surface area contributed by atoms with Gasteiger partial charge < -0.3 is 4.90 Å². The molecular weight excluding hydrogens is 200 g/mol. The number of rotatable bonds is 1. The van der Waals surface area contributed by atoms with Crippen LogP contribution in [-0.2, 0) is 4.79 Å². The highest BCUT2D eigenvalue weighted by Gasteiger charge is 2.42. The van der Waals surface area contributed by atoms with Gasteiger partial charge in [0.15, 0.2) is 0 Å². The van der Waals surface area contributed by atoms with Crippen LogP contribution in [0, 0.1) is 16.7 Å². The van der Waals surface area contributed by atoms with E-state index in [1.165, 1.54) is 12.8 Å². The Morgan fingerprint density at radius 1 is 1.00 bits per heavy atom. The van der Waals surface area contributed by atoms with Gasteiger partial charge in [0.2, 0.25) is 5.91 Å². The van der Waals surface area contributed by atoms with Crippen LogP contribution in [-0.4, -0.2) is 23.9 Å². The zero-order valence-electron chi connectivity index (χ0n) is 9.87. The number of likely N-dealkylation sites (tertiary alicyclic amines) is 1. The Kier molecular flexibility index (Phi) is 3.48. The van der Waals surface area contributed by atoms with Crippen LogP contribution in [0.1, 0.15) is 51.4 Å². The second kappa shape index (κ2) is 4.86. The fraction of sp³-hybridized carbons (Fsp3) is 0.846. The molecule has 1 aliphatic heterocycles. The summed E-state index contributed by atoms with van der Waals surface area (Å²) < 4.78 is 0. The SMILES string of the molecule is N#CC1(C(=O)N2CCCC2)CCCCCC1. The van der Waals surface area contributed by atoms with Gasteiger partial charge in [0.05, 0.1) is 6.07 Å². The molecule has 0 aromatic carbocycles. The van der Waals surface area contributed by atoms with Gasteiger partial charge in [0.25, 0.3) is 0 Å². The minimum absolute atomic E-state index is 0.120. The van der Waals surface area contributed by atoms with Gasteiger partial charge in [-0.25, -0.2) is 0 Å². The Bertz CT molecular complexity index is 292. The molecule has 0 aromatic rings. The van der Waals surface area contributed by atoms with Crippen molar-refractivity contribution in [3.63, 3.8) is 0 Å². The van der Waals surface area contributed by atoms with Gasteiger partial charge in [0, 0.05) is 13.1 Å². The lowest BCUT2D eigenvalue weighted by atomic mass is 9.80. The van der Waals surface area contributed by atoms with E-state index in [0.29, 0.717) is 0 Å². The molecule has 3 heteroatoms. The Morgan fingerprint density at radius 3 is 2.06 bits per heavy atom. The molecule has 3 nitrogen and oxygen atoms in total. The molecule has 1 saturated carbocycles. The van der Waals surface area contributed by atoms with Gasteiger partial charge in [-0.05, 0) is 25.7 Å². The first kappa shape index (κ1) is 11.4. The minimum atomic E-state index is -0.680. The Morgan fingerprint density at radius 2 is 1.56 bits per heavy atom. The van der Waals surface area contributed by atoms with E-state index in [1.54, 1.807) is 0 Å². The maximum absolute atomic E-state index is 12.4. The average molecular weight is 220 g/mol. The van der Waals surface area contributed by atoms with Crippen molar-refractivity contribution in [1.29, 1.82) is 5.26 Å². The van der Waals surface area contributed by atoms with E-state index in [-0.39, 0.29) is 5.91 Å². The average Bonchev–Trinajstić information content (AvgIpc) is 2.73. The molecule has 0 radical (unpaired) electrons. The zero-order chi connectivity index (χ0) is 11.4. The number of carbonyl (C=O) groups is 1. The molecular formula is C13H20N2O. The van der Waals surface area contributed by atoms with Crippen LogP contribution in [0.5, 0.6) is 0 Å². The van der Waals surface area contributed by atoms with Crippen LogP contribution in [0.2, 0.25) is 0 Å². The number of hydrogen-bond acceptors (Lipinski definition) is 2. The zero-order valence-corrected chi connectivity index (χ0v) is 9.87. The van der Waals surface area contributed by atoms with Gasteiger partial charge in [-0.15, -0.1) is 0 Å². The van der Waals surface area contributed by atoms with Crippen LogP contribution in [0.15, 0.2) is 0 Å².